The van der Waals surface area contributed by atoms with Crippen molar-refractivity contribution in [1.29, 1.82) is 0 Å². The van der Waals surface area contributed by atoms with Crippen molar-refractivity contribution in [2.75, 3.05) is 20.2 Å². The summed E-state index contributed by atoms with van der Waals surface area (Å²) in [5, 5.41) is 0.671. The van der Waals surface area contributed by atoms with E-state index >= 15 is 0 Å². The predicted molar refractivity (Wildman–Crippen MR) is 76.6 cm³/mol. The minimum absolute atomic E-state index is 0.00606. The fourth-order valence-corrected chi connectivity index (χ4v) is 2.86. The first-order valence-electron chi connectivity index (χ1n) is 6.61. The molecule has 1 aliphatic heterocycles. The number of hydrogen-bond donors (Lipinski definition) is 0. The monoisotopic (exact) mass is 295 g/mol. The summed E-state index contributed by atoms with van der Waals surface area (Å²) in [5.74, 6) is -0.529. The van der Waals surface area contributed by atoms with Crippen molar-refractivity contribution in [3.63, 3.8) is 0 Å². The fourth-order valence-electron chi connectivity index (χ4n) is 2.74. The van der Waals surface area contributed by atoms with Gasteiger partial charge in [0.05, 0.1) is 13.0 Å². The van der Waals surface area contributed by atoms with Gasteiger partial charge in [0.15, 0.2) is 0 Å². The molecule has 0 N–H and O–H groups in total. The normalized spacial score (nSPS) is 22.4. The Morgan fingerprint density at radius 2 is 1.95 bits per heavy atom. The lowest BCUT2D eigenvalue weighted by Crippen LogP contribution is -2.45. The highest BCUT2D eigenvalue weighted by Gasteiger charge is 2.36. The number of benzene rings is 1. The van der Waals surface area contributed by atoms with Gasteiger partial charge in [-0.1, -0.05) is 23.7 Å². The Morgan fingerprint density at radius 1 is 1.30 bits per heavy atom. The van der Waals surface area contributed by atoms with Gasteiger partial charge in [-0.3, -0.25) is 9.59 Å². The van der Waals surface area contributed by atoms with E-state index in [4.69, 9.17) is 16.3 Å². The van der Waals surface area contributed by atoms with Crippen molar-refractivity contribution in [2.24, 2.45) is 5.92 Å². The van der Waals surface area contributed by atoms with Crippen LogP contribution in [0.3, 0.4) is 0 Å². The number of ether oxygens (including phenoxy) is 1. The van der Waals surface area contributed by atoms with E-state index < -0.39 is 0 Å². The summed E-state index contributed by atoms with van der Waals surface area (Å²) in [4.78, 5) is 25.2. The van der Waals surface area contributed by atoms with Gasteiger partial charge in [0, 0.05) is 31.0 Å². The Hall–Kier alpha value is -1.55. The maximum atomic E-state index is 12.0. The first-order chi connectivity index (χ1) is 9.52. The molecule has 1 fully saturated rings. The third-order valence-electron chi connectivity index (χ3n) is 3.86. The van der Waals surface area contributed by atoms with E-state index in [0.717, 1.165) is 12.0 Å². The molecule has 0 aliphatic carbocycles. The van der Waals surface area contributed by atoms with Crippen LogP contribution in [0, 0.1) is 5.92 Å². The van der Waals surface area contributed by atoms with Gasteiger partial charge in [-0.2, -0.15) is 0 Å². The topological polar surface area (TPSA) is 46.6 Å². The van der Waals surface area contributed by atoms with Crippen LogP contribution in [-0.2, 0) is 14.3 Å². The van der Waals surface area contributed by atoms with Crippen LogP contribution >= 0.6 is 11.6 Å². The van der Waals surface area contributed by atoms with Crippen LogP contribution < -0.4 is 0 Å². The van der Waals surface area contributed by atoms with Gasteiger partial charge in [-0.25, -0.2) is 0 Å². The number of carbonyl (C=O) groups is 2. The molecule has 20 heavy (non-hydrogen) atoms. The molecule has 0 bridgehead atoms. The Kier molecular flexibility index (Phi) is 4.65. The summed E-state index contributed by atoms with van der Waals surface area (Å²) in [7, 11) is 1.38. The van der Waals surface area contributed by atoms with Crippen LogP contribution in [-0.4, -0.2) is 37.0 Å². The van der Waals surface area contributed by atoms with Crippen molar-refractivity contribution in [3.05, 3.63) is 34.9 Å². The zero-order valence-corrected chi connectivity index (χ0v) is 12.4. The lowest BCUT2D eigenvalue weighted by Gasteiger charge is -2.37. The molecule has 0 radical (unpaired) electrons. The number of likely N-dealkylation sites (tertiary alicyclic amines) is 1. The number of carbonyl (C=O) groups excluding carboxylic acids is 2. The summed E-state index contributed by atoms with van der Waals surface area (Å²) < 4.78 is 4.89. The average molecular weight is 296 g/mol. The second kappa shape index (κ2) is 6.27. The second-order valence-corrected chi connectivity index (χ2v) is 5.48. The van der Waals surface area contributed by atoms with E-state index in [1.54, 1.807) is 4.90 Å². The molecule has 1 aromatic rings. The number of halogens is 1. The van der Waals surface area contributed by atoms with E-state index in [0.29, 0.717) is 18.1 Å². The number of rotatable bonds is 2. The summed E-state index contributed by atoms with van der Waals surface area (Å²) in [6.45, 7) is 2.60. The molecule has 2 rings (SSSR count). The van der Waals surface area contributed by atoms with Crippen LogP contribution in [0.2, 0.25) is 5.02 Å². The van der Waals surface area contributed by atoms with Crippen molar-refractivity contribution >= 4 is 23.5 Å². The van der Waals surface area contributed by atoms with E-state index in [-0.39, 0.29) is 23.7 Å². The first-order valence-corrected chi connectivity index (χ1v) is 6.99. The third-order valence-corrected chi connectivity index (χ3v) is 4.11. The predicted octanol–water partition coefficient (Wildman–Crippen LogP) is 2.47. The van der Waals surface area contributed by atoms with Gasteiger partial charge in [0.1, 0.15) is 0 Å². The Bertz CT molecular complexity index is 500. The summed E-state index contributed by atoms with van der Waals surface area (Å²) in [6, 6.07) is 7.52. The highest BCUT2D eigenvalue weighted by molar-refractivity contribution is 6.30. The van der Waals surface area contributed by atoms with Gasteiger partial charge in [0.2, 0.25) is 5.91 Å². The number of methoxy groups -OCH3 is 1. The van der Waals surface area contributed by atoms with Crippen molar-refractivity contribution in [3.8, 4) is 0 Å². The van der Waals surface area contributed by atoms with Crippen molar-refractivity contribution in [2.45, 2.75) is 19.3 Å². The molecule has 0 aromatic heterocycles. The van der Waals surface area contributed by atoms with E-state index in [1.165, 1.54) is 14.0 Å². The lowest BCUT2D eigenvalue weighted by atomic mass is 9.80. The molecular formula is C15H18ClNO3. The highest BCUT2D eigenvalue weighted by atomic mass is 35.5. The zero-order valence-electron chi connectivity index (χ0n) is 11.6. The van der Waals surface area contributed by atoms with Crippen molar-refractivity contribution < 1.29 is 14.3 Å². The van der Waals surface area contributed by atoms with Gasteiger partial charge < -0.3 is 9.64 Å². The number of nitrogens with zero attached hydrogens (tertiary/aromatic N) is 1. The Balaban J connectivity index is 2.24. The molecule has 1 aliphatic rings. The number of piperidine rings is 1. The minimum Gasteiger partial charge on any atom is -0.469 e. The molecule has 1 saturated heterocycles. The lowest BCUT2D eigenvalue weighted by molar-refractivity contribution is -0.149. The molecule has 5 heteroatoms. The Morgan fingerprint density at radius 3 is 2.50 bits per heavy atom. The molecule has 1 heterocycles. The summed E-state index contributed by atoms with van der Waals surface area (Å²) in [6.07, 6.45) is 0.751. The highest BCUT2D eigenvalue weighted by Crippen LogP contribution is 2.34. The van der Waals surface area contributed by atoms with Crippen LogP contribution in [0.15, 0.2) is 24.3 Å². The van der Waals surface area contributed by atoms with Crippen LogP contribution in [0.25, 0.3) is 0 Å². The summed E-state index contributed by atoms with van der Waals surface area (Å²) >= 11 is 5.90. The van der Waals surface area contributed by atoms with Crippen LogP contribution in [0.5, 0.6) is 0 Å². The first kappa shape index (κ1) is 14.9. The molecular weight excluding hydrogens is 278 g/mol. The van der Waals surface area contributed by atoms with Gasteiger partial charge in [0.25, 0.3) is 0 Å². The number of amides is 1. The van der Waals surface area contributed by atoms with E-state index in [1.807, 2.05) is 24.3 Å². The SMILES string of the molecule is COC(=O)[C@H]1CN(C(C)=O)CC[C@@H]1c1ccc(Cl)cc1. The molecule has 1 aromatic carbocycles. The quantitative estimate of drug-likeness (QED) is 0.788. The molecule has 0 spiro atoms. The van der Waals surface area contributed by atoms with Crippen LogP contribution in [0.4, 0.5) is 0 Å². The van der Waals surface area contributed by atoms with E-state index in [9.17, 15) is 9.59 Å². The summed E-state index contributed by atoms with van der Waals surface area (Å²) in [5.41, 5.74) is 1.06. The van der Waals surface area contributed by atoms with Crippen molar-refractivity contribution in [1.82, 2.24) is 4.90 Å². The maximum absolute atomic E-state index is 12.0. The Labute approximate surface area is 123 Å². The third kappa shape index (κ3) is 3.12. The molecule has 108 valence electrons. The molecule has 4 nitrogen and oxygen atoms in total. The molecule has 1 amide bonds. The molecule has 0 saturated carbocycles. The standard InChI is InChI=1S/C15H18ClNO3/c1-10(18)17-8-7-13(14(9-17)15(19)20-2)11-3-5-12(16)6-4-11/h3-6,13-14H,7-9H2,1-2H3/t13-,14+/m1/s1. The van der Waals surface area contributed by atoms with Gasteiger partial charge in [-0.15, -0.1) is 0 Å². The smallest absolute Gasteiger partial charge is 0.311 e. The van der Waals surface area contributed by atoms with Gasteiger partial charge in [-0.05, 0) is 24.1 Å². The van der Waals surface area contributed by atoms with E-state index in [2.05, 4.69) is 0 Å². The van der Waals surface area contributed by atoms with Crippen LogP contribution in [0.1, 0.15) is 24.8 Å². The maximum Gasteiger partial charge on any atom is 0.311 e. The van der Waals surface area contributed by atoms with Gasteiger partial charge >= 0.3 is 5.97 Å². The number of esters is 1. The number of hydrogen-bond acceptors (Lipinski definition) is 3. The minimum atomic E-state index is -0.321. The molecule has 2 atom stereocenters. The fraction of sp³-hybridized carbons (Fsp3) is 0.467. The molecule has 0 unspecified atom stereocenters. The second-order valence-electron chi connectivity index (χ2n) is 5.04. The average Bonchev–Trinajstić information content (AvgIpc) is 2.46. The largest absolute Gasteiger partial charge is 0.469 e. The zero-order chi connectivity index (χ0) is 14.7.